The molecule has 5 heteroatoms. The number of aromatic nitrogens is 1. The fourth-order valence-electron chi connectivity index (χ4n) is 3.32. The lowest BCUT2D eigenvalue weighted by atomic mass is 10.0. The van der Waals surface area contributed by atoms with Crippen LogP contribution < -0.4 is 0 Å². The van der Waals surface area contributed by atoms with Crippen LogP contribution in [0.1, 0.15) is 16.1 Å². The Hall–Kier alpha value is -2.56. The van der Waals surface area contributed by atoms with Crippen LogP contribution in [0.2, 0.25) is 5.02 Å². The molecule has 1 aliphatic heterocycles. The predicted octanol–water partition coefficient (Wildman–Crippen LogP) is 4.70. The summed E-state index contributed by atoms with van der Waals surface area (Å²) >= 11 is 6.00. The minimum atomic E-state index is -0.925. The Balaban J connectivity index is 1.93. The lowest BCUT2D eigenvalue weighted by Gasteiger charge is -2.20. The molecule has 1 N–H and O–H groups in total. The van der Waals surface area contributed by atoms with E-state index in [9.17, 15) is 9.90 Å². The zero-order valence-corrected chi connectivity index (χ0v) is 14.2. The van der Waals surface area contributed by atoms with E-state index in [2.05, 4.69) is 10.6 Å². The quantitative estimate of drug-likeness (QED) is 0.742. The number of halogens is 1. The summed E-state index contributed by atoms with van der Waals surface area (Å²) in [4.78, 5) is 11.6. The highest BCUT2D eigenvalue weighted by molar-refractivity contribution is 6.30. The van der Waals surface area contributed by atoms with E-state index in [0.717, 1.165) is 28.1 Å². The van der Waals surface area contributed by atoms with Gasteiger partial charge in [-0.2, -0.15) is 0 Å². The van der Waals surface area contributed by atoms with Crippen molar-refractivity contribution in [3.05, 3.63) is 70.9 Å². The second-order valence-corrected chi connectivity index (χ2v) is 6.39. The van der Waals surface area contributed by atoms with Gasteiger partial charge in [0.25, 0.3) is 0 Å². The van der Waals surface area contributed by atoms with Crippen LogP contribution in [0.5, 0.6) is 0 Å². The van der Waals surface area contributed by atoms with Gasteiger partial charge in [-0.15, -0.1) is 0 Å². The van der Waals surface area contributed by atoms with Gasteiger partial charge in [-0.25, -0.2) is 4.79 Å². The highest BCUT2D eigenvalue weighted by Gasteiger charge is 2.23. The van der Waals surface area contributed by atoms with E-state index >= 15 is 0 Å². The van der Waals surface area contributed by atoms with E-state index in [-0.39, 0.29) is 0 Å². The molecule has 0 aliphatic carbocycles. The van der Waals surface area contributed by atoms with Crippen molar-refractivity contribution in [2.45, 2.75) is 13.2 Å². The van der Waals surface area contributed by atoms with E-state index in [1.54, 1.807) is 12.1 Å². The number of rotatable bonds is 3. The van der Waals surface area contributed by atoms with Crippen molar-refractivity contribution in [1.29, 1.82) is 0 Å². The van der Waals surface area contributed by atoms with Crippen LogP contribution in [-0.4, -0.2) is 22.2 Å². The molecule has 1 aliphatic rings. The van der Waals surface area contributed by atoms with Crippen LogP contribution in [0, 0.1) is 0 Å². The molecule has 0 amide bonds. The minimum absolute atomic E-state index is 0.303. The van der Waals surface area contributed by atoms with E-state index in [1.165, 1.54) is 0 Å². The minimum Gasteiger partial charge on any atom is -0.478 e. The van der Waals surface area contributed by atoms with Gasteiger partial charge in [0.05, 0.1) is 24.5 Å². The summed E-state index contributed by atoms with van der Waals surface area (Å²) in [6, 6.07) is 16.8. The number of carboxylic acids is 1. The van der Waals surface area contributed by atoms with Crippen molar-refractivity contribution in [3.8, 4) is 22.4 Å². The van der Waals surface area contributed by atoms with Crippen molar-refractivity contribution in [1.82, 2.24) is 4.57 Å². The third kappa shape index (κ3) is 2.84. The number of carboxylic acid groups (broad SMARTS) is 1. The van der Waals surface area contributed by atoms with E-state index in [0.29, 0.717) is 30.3 Å². The van der Waals surface area contributed by atoms with Crippen LogP contribution in [0.3, 0.4) is 0 Å². The molecule has 0 saturated carbocycles. The summed E-state index contributed by atoms with van der Waals surface area (Å²) in [6.45, 7) is 1.82. The predicted molar refractivity (Wildman–Crippen MR) is 96.9 cm³/mol. The Kier molecular flexibility index (Phi) is 4.07. The second kappa shape index (κ2) is 6.39. The summed E-state index contributed by atoms with van der Waals surface area (Å²) in [6.07, 6.45) is 0. The number of aromatic carboxylic acids is 1. The van der Waals surface area contributed by atoms with Crippen LogP contribution >= 0.6 is 11.6 Å². The van der Waals surface area contributed by atoms with E-state index < -0.39 is 5.97 Å². The molecule has 4 nitrogen and oxygen atoms in total. The largest absolute Gasteiger partial charge is 0.478 e. The summed E-state index contributed by atoms with van der Waals surface area (Å²) < 4.78 is 7.81. The summed E-state index contributed by atoms with van der Waals surface area (Å²) in [5.74, 6) is -0.925. The van der Waals surface area contributed by atoms with Gasteiger partial charge < -0.3 is 14.4 Å². The first-order valence-corrected chi connectivity index (χ1v) is 8.42. The molecular formula is C20H16ClNO3. The molecule has 0 unspecified atom stereocenters. The molecule has 126 valence electrons. The zero-order valence-electron chi connectivity index (χ0n) is 13.4. The van der Waals surface area contributed by atoms with Gasteiger partial charge >= 0.3 is 5.97 Å². The first-order chi connectivity index (χ1) is 12.1. The number of hydrogen-bond donors (Lipinski definition) is 1. The zero-order chi connectivity index (χ0) is 17.4. The molecule has 25 heavy (non-hydrogen) atoms. The highest BCUT2D eigenvalue weighted by atomic mass is 35.5. The molecule has 0 fully saturated rings. The van der Waals surface area contributed by atoms with E-state index in [1.807, 2.05) is 36.4 Å². The van der Waals surface area contributed by atoms with Gasteiger partial charge in [-0.05, 0) is 29.8 Å². The van der Waals surface area contributed by atoms with Gasteiger partial charge in [0.15, 0.2) is 0 Å². The SMILES string of the molecule is O=C(O)c1ccccc1-c1cc(-c2ccc(Cl)cc2)c2n1CCOC2. The highest BCUT2D eigenvalue weighted by Crippen LogP contribution is 2.36. The number of nitrogens with zero attached hydrogens (tertiary/aromatic N) is 1. The molecule has 0 bridgehead atoms. The van der Waals surface area contributed by atoms with Gasteiger partial charge in [0.2, 0.25) is 0 Å². The van der Waals surface area contributed by atoms with Crippen molar-refractivity contribution in [3.63, 3.8) is 0 Å². The standard InChI is InChI=1S/C20H16ClNO3/c21-14-7-5-13(6-8-14)17-11-18(22-9-10-25-12-19(17)22)15-3-1-2-4-16(15)20(23)24/h1-8,11H,9-10,12H2,(H,23,24). The third-order valence-electron chi connectivity index (χ3n) is 4.50. The van der Waals surface area contributed by atoms with Gasteiger partial charge in [-0.1, -0.05) is 41.9 Å². The topological polar surface area (TPSA) is 51.5 Å². The second-order valence-electron chi connectivity index (χ2n) is 5.95. The first kappa shape index (κ1) is 15.9. The van der Waals surface area contributed by atoms with Crippen LogP contribution in [-0.2, 0) is 17.9 Å². The number of benzene rings is 2. The normalized spacial score (nSPS) is 13.5. The van der Waals surface area contributed by atoms with Crippen molar-refractivity contribution < 1.29 is 14.6 Å². The van der Waals surface area contributed by atoms with Crippen LogP contribution in [0.4, 0.5) is 0 Å². The fraction of sp³-hybridized carbons (Fsp3) is 0.150. The Morgan fingerprint density at radius 3 is 2.60 bits per heavy atom. The molecule has 2 heterocycles. The average Bonchev–Trinajstić information content (AvgIpc) is 3.02. The van der Waals surface area contributed by atoms with E-state index in [4.69, 9.17) is 16.3 Å². The summed E-state index contributed by atoms with van der Waals surface area (Å²) in [7, 11) is 0. The molecule has 3 aromatic rings. The Bertz CT molecular complexity index is 944. The van der Waals surface area contributed by atoms with Crippen LogP contribution in [0.25, 0.3) is 22.4 Å². The molecule has 1 aromatic heterocycles. The molecule has 0 radical (unpaired) electrons. The number of ether oxygens (including phenoxy) is 1. The Morgan fingerprint density at radius 1 is 1.08 bits per heavy atom. The Labute approximate surface area is 150 Å². The number of carbonyl (C=O) groups is 1. The van der Waals surface area contributed by atoms with Crippen LogP contribution in [0.15, 0.2) is 54.6 Å². The van der Waals surface area contributed by atoms with Crippen molar-refractivity contribution in [2.24, 2.45) is 0 Å². The maximum atomic E-state index is 11.6. The van der Waals surface area contributed by atoms with Crippen molar-refractivity contribution >= 4 is 17.6 Å². The van der Waals surface area contributed by atoms with Gasteiger partial charge in [0, 0.05) is 28.4 Å². The monoisotopic (exact) mass is 353 g/mol. The lowest BCUT2D eigenvalue weighted by molar-refractivity contribution is 0.0697. The fourth-order valence-corrected chi connectivity index (χ4v) is 3.45. The average molecular weight is 354 g/mol. The van der Waals surface area contributed by atoms with Crippen molar-refractivity contribution in [2.75, 3.05) is 6.61 Å². The van der Waals surface area contributed by atoms with Gasteiger partial charge in [-0.3, -0.25) is 0 Å². The molecule has 2 aromatic carbocycles. The van der Waals surface area contributed by atoms with Gasteiger partial charge in [0.1, 0.15) is 0 Å². The number of hydrogen-bond acceptors (Lipinski definition) is 2. The summed E-state index contributed by atoms with van der Waals surface area (Å²) in [5.41, 5.74) is 5.07. The summed E-state index contributed by atoms with van der Waals surface area (Å²) in [5, 5.41) is 10.2. The third-order valence-corrected chi connectivity index (χ3v) is 4.75. The maximum Gasteiger partial charge on any atom is 0.336 e. The number of fused-ring (bicyclic) bond motifs is 1. The molecule has 0 spiro atoms. The Morgan fingerprint density at radius 2 is 1.84 bits per heavy atom. The molecule has 4 rings (SSSR count). The maximum absolute atomic E-state index is 11.6. The molecular weight excluding hydrogens is 338 g/mol. The smallest absolute Gasteiger partial charge is 0.336 e. The molecule has 0 saturated heterocycles. The molecule has 0 atom stereocenters. The lowest BCUT2D eigenvalue weighted by Crippen LogP contribution is -2.17. The first-order valence-electron chi connectivity index (χ1n) is 8.04.